The van der Waals surface area contributed by atoms with Gasteiger partial charge in [0.2, 0.25) is 10.0 Å². The lowest BCUT2D eigenvalue weighted by molar-refractivity contribution is 0.581. The molecule has 27 heavy (non-hydrogen) atoms. The zero-order chi connectivity index (χ0) is 18.4. The fourth-order valence-corrected chi connectivity index (χ4v) is 3.66. The minimum Gasteiger partial charge on any atom is -0.352 e. The summed E-state index contributed by atoms with van der Waals surface area (Å²) in [6, 6.07) is 12.7. The van der Waals surface area contributed by atoms with Gasteiger partial charge in [-0.2, -0.15) is 0 Å². The number of halogens is 1. The molecular formula is C18H24IN5O2S. The third kappa shape index (κ3) is 6.74. The predicted octanol–water partition coefficient (Wildman–Crippen LogP) is 2.01. The molecule has 1 aliphatic carbocycles. The number of guanidine groups is 1. The lowest BCUT2D eigenvalue weighted by Crippen LogP contribution is -2.36. The first-order valence-corrected chi connectivity index (χ1v) is 10.0. The van der Waals surface area contributed by atoms with E-state index in [1.807, 2.05) is 18.2 Å². The van der Waals surface area contributed by atoms with Gasteiger partial charge in [0.05, 0.1) is 17.1 Å². The summed E-state index contributed by atoms with van der Waals surface area (Å²) in [6.07, 6.45) is 3.60. The summed E-state index contributed by atoms with van der Waals surface area (Å²) in [5.74, 6) is 0.655. The number of sulfonamides is 1. The van der Waals surface area contributed by atoms with E-state index in [0.717, 1.165) is 24.1 Å². The molecule has 7 nitrogen and oxygen atoms in total. The van der Waals surface area contributed by atoms with Crippen LogP contribution < -0.4 is 15.4 Å². The van der Waals surface area contributed by atoms with E-state index in [2.05, 4.69) is 25.3 Å². The summed E-state index contributed by atoms with van der Waals surface area (Å²) in [5.41, 5.74) is 1.89. The van der Waals surface area contributed by atoms with Gasteiger partial charge in [0, 0.05) is 25.8 Å². The van der Waals surface area contributed by atoms with Crippen LogP contribution in [0, 0.1) is 0 Å². The fraction of sp³-hybridized carbons (Fsp3) is 0.333. The first-order valence-electron chi connectivity index (χ1n) is 8.52. The van der Waals surface area contributed by atoms with Crippen molar-refractivity contribution in [3.63, 3.8) is 0 Å². The number of hydrogen-bond acceptors (Lipinski definition) is 4. The van der Waals surface area contributed by atoms with E-state index in [0.29, 0.717) is 23.9 Å². The topological polar surface area (TPSA) is 95.5 Å². The van der Waals surface area contributed by atoms with Gasteiger partial charge in [-0.15, -0.1) is 24.0 Å². The van der Waals surface area contributed by atoms with E-state index in [1.165, 1.54) is 0 Å². The Morgan fingerprint density at radius 3 is 2.41 bits per heavy atom. The molecule has 1 heterocycles. The molecule has 1 aromatic carbocycles. The first kappa shape index (κ1) is 21.6. The summed E-state index contributed by atoms with van der Waals surface area (Å²) in [7, 11) is -1.70. The summed E-state index contributed by atoms with van der Waals surface area (Å²) in [5, 5.41) is 6.39. The third-order valence-electron chi connectivity index (χ3n) is 3.98. The number of pyridine rings is 1. The maximum atomic E-state index is 12.2. The average molecular weight is 501 g/mol. The van der Waals surface area contributed by atoms with Crippen molar-refractivity contribution in [1.82, 2.24) is 20.3 Å². The van der Waals surface area contributed by atoms with Gasteiger partial charge >= 0.3 is 0 Å². The van der Waals surface area contributed by atoms with E-state index in [9.17, 15) is 8.42 Å². The van der Waals surface area contributed by atoms with Crippen LogP contribution in [0.5, 0.6) is 0 Å². The van der Waals surface area contributed by atoms with Crippen LogP contribution >= 0.6 is 24.0 Å². The first-order chi connectivity index (χ1) is 12.6. The highest BCUT2D eigenvalue weighted by atomic mass is 127. The molecule has 1 aliphatic rings. The van der Waals surface area contributed by atoms with Crippen molar-refractivity contribution in [3.8, 4) is 0 Å². The zero-order valence-corrected chi connectivity index (χ0v) is 18.2. The highest BCUT2D eigenvalue weighted by molar-refractivity contribution is 14.0. The number of aliphatic imine (C=N–C) groups is 1. The van der Waals surface area contributed by atoms with Crippen molar-refractivity contribution in [2.24, 2.45) is 4.99 Å². The minimum absolute atomic E-state index is 0. The smallest absolute Gasteiger partial charge is 0.240 e. The fourth-order valence-electron chi connectivity index (χ4n) is 2.36. The standard InChI is InChI=1S/C18H23N5O2S.HI/c1-19-18(22-13-16-4-2-3-11-20-16)21-12-14-5-9-17(10-6-14)26(24,25)23-15-7-8-15;/h2-6,9-11,15,23H,7-8,12-13H2,1H3,(H2,19,21,22);1H. The number of aromatic nitrogens is 1. The molecule has 3 N–H and O–H groups in total. The van der Waals surface area contributed by atoms with Crippen LogP contribution in [0.4, 0.5) is 0 Å². The summed E-state index contributed by atoms with van der Waals surface area (Å²) in [4.78, 5) is 8.73. The van der Waals surface area contributed by atoms with Crippen LogP contribution in [-0.2, 0) is 23.1 Å². The van der Waals surface area contributed by atoms with Crippen molar-refractivity contribution in [2.45, 2.75) is 36.9 Å². The Morgan fingerprint density at radius 1 is 1.11 bits per heavy atom. The molecule has 146 valence electrons. The number of nitrogens with one attached hydrogen (secondary N) is 3. The molecule has 0 amide bonds. The minimum atomic E-state index is -3.40. The van der Waals surface area contributed by atoms with E-state index in [1.54, 1.807) is 37.5 Å². The monoisotopic (exact) mass is 501 g/mol. The van der Waals surface area contributed by atoms with Crippen molar-refractivity contribution in [1.29, 1.82) is 0 Å². The van der Waals surface area contributed by atoms with Crippen molar-refractivity contribution in [2.75, 3.05) is 7.05 Å². The molecule has 0 saturated heterocycles. The second-order valence-electron chi connectivity index (χ2n) is 6.14. The maximum absolute atomic E-state index is 12.2. The predicted molar refractivity (Wildman–Crippen MR) is 116 cm³/mol. The maximum Gasteiger partial charge on any atom is 0.240 e. The molecule has 0 bridgehead atoms. The number of hydrogen-bond donors (Lipinski definition) is 3. The average Bonchev–Trinajstić information content (AvgIpc) is 3.46. The van der Waals surface area contributed by atoms with Gasteiger partial charge in [0.1, 0.15) is 0 Å². The Balaban J connectivity index is 0.00000261. The zero-order valence-electron chi connectivity index (χ0n) is 15.1. The second-order valence-corrected chi connectivity index (χ2v) is 7.85. The van der Waals surface area contributed by atoms with Gasteiger partial charge in [0.15, 0.2) is 5.96 Å². The highest BCUT2D eigenvalue weighted by Crippen LogP contribution is 2.22. The molecule has 0 radical (unpaired) electrons. The Morgan fingerprint density at radius 2 is 1.81 bits per heavy atom. The largest absolute Gasteiger partial charge is 0.352 e. The van der Waals surface area contributed by atoms with Crippen molar-refractivity contribution >= 4 is 40.0 Å². The lowest BCUT2D eigenvalue weighted by Gasteiger charge is -2.12. The summed E-state index contributed by atoms with van der Waals surface area (Å²) < 4.78 is 27.0. The molecule has 0 atom stereocenters. The second kappa shape index (κ2) is 10.00. The van der Waals surface area contributed by atoms with Crippen LogP contribution in [0.3, 0.4) is 0 Å². The van der Waals surface area contributed by atoms with E-state index >= 15 is 0 Å². The molecule has 2 aromatic rings. The van der Waals surface area contributed by atoms with Crippen LogP contribution in [0.15, 0.2) is 58.5 Å². The molecule has 1 aromatic heterocycles. The van der Waals surface area contributed by atoms with Crippen molar-refractivity contribution < 1.29 is 8.42 Å². The SMILES string of the molecule is CN=C(NCc1ccc(S(=O)(=O)NC2CC2)cc1)NCc1ccccn1.I. The highest BCUT2D eigenvalue weighted by Gasteiger charge is 2.27. The van der Waals surface area contributed by atoms with Crippen LogP contribution in [0.25, 0.3) is 0 Å². The van der Waals surface area contributed by atoms with Gasteiger partial charge in [0.25, 0.3) is 0 Å². The number of nitrogens with zero attached hydrogens (tertiary/aromatic N) is 2. The molecule has 9 heteroatoms. The Hall–Kier alpha value is -1.72. The van der Waals surface area contributed by atoms with Crippen LogP contribution in [0.2, 0.25) is 0 Å². The number of benzene rings is 1. The Labute approximate surface area is 177 Å². The normalized spacial score (nSPS) is 14.3. The van der Waals surface area contributed by atoms with Gasteiger partial charge in [-0.25, -0.2) is 13.1 Å². The molecular weight excluding hydrogens is 477 g/mol. The molecule has 0 aliphatic heterocycles. The van der Waals surface area contributed by atoms with Gasteiger partial charge in [-0.05, 0) is 42.7 Å². The Kier molecular flexibility index (Phi) is 7.99. The molecule has 1 fully saturated rings. The van der Waals surface area contributed by atoms with E-state index < -0.39 is 10.0 Å². The molecule has 1 saturated carbocycles. The molecule has 0 spiro atoms. The summed E-state index contributed by atoms with van der Waals surface area (Å²) in [6.45, 7) is 1.11. The van der Waals surface area contributed by atoms with E-state index in [4.69, 9.17) is 0 Å². The van der Waals surface area contributed by atoms with Crippen LogP contribution in [-0.4, -0.2) is 32.5 Å². The summed E-state index contributed by atoms with van der Waals surface area (Å²) >= 11 is 0. The lowest BCUT2D eigenvalue weighted by atomic mass is 10.2. The quantitative estimate of drug-likeness (QED) is 0.307. The van der Waals surface area contributed by atoms with Crippen LogP contribution in [0.1, 0.15) is 24.1 Å². The third-order valence-corrected chi connectivity index (χ3v) is 5.52. The number of rotatable bonds is 7. The molecule has 3 rings (SSSR count). The van der Waals surface area contributed by atoms with Crippen molar-refractivity contribution in [3.05, 3.63) is 59.9 Å². The molecule has 0 unspecified atom stereocenters. The van der Waals surface area contributed by atoms with Gasteiger partial charge in [-0.3, -0.25) is 9.98 Å². The van der Waals surface area contributed by atoms with Gasteiger partial charge in [-0.1, -0.05) is 18.2 Å². The van der Waals surface area contributed by atoms with E-state index in [-0.39, 0.29) is 30.0 Å². The van der Waals surface area contributed by atoms with Gasteiger partial charge < -0.3 is 10.6 Å². The Bertz CT molecular complexity index is 853.